The van der Waals surface area contributed by atoms with Gasteiger partial charge in [-0.3, -0.25) is 37.3 Å². The van der Waals surface area contributed by atoms with E-state index in [2.05, 4.69) is 48.5 Å². The molecule has 0 rings (SSSR count). The summed E-state index contributed by atoms with van der Waals surface area (Å²) >= 11 is 0. The van der Waals surface area contributed by atoms with Gasteiger partial charge in [0.2, 0.25) is 0 Å². The van der Waals surface area contributed by atoms with Crippen molar-refractivity contribution in [3.05, 3.63) is 0 Å². The molecule has 0 aromatic heterocycles. The van der Waals surface area contributed by atoms with Crippen LogP contribution in [0.3, 0.4) is 0 Å². The number of aliphatic hydroxyl groups is 1. The summed E-state index contributed by atoms with van der Waals surface area (Å²) in [6.45, 7) is 11.9. The summed E-state index contributed by atoms with van der Waals surface area (Å²) in [5.74, 6) is 0.181. The second-order valence-corrected chi connectivity index (χ2v) is 32.1. The number of carbonyl (C=O) groups is 4. The molecule has 0 radical (unpaired) electrons. The van der Waals surface area contributed by atoms with E-state index in [9.17, 15) is 43.2 Å². The van der Waals surface area contributed by atoms with Crippen LogP contribution >= 0.6 is 15.6 Å². The second kappa shape index (κ2) is 67.5. The summed E-state index contributed by atoms with van der Waals surface area (Å²) in [5.41, 5.74) is 0. The van der Waals surface area contributed by atoms with Gasteiger partial charge in [-0.25, -0.2) is 9.13 Å². The highest BCUT2D eigenvalue weighted by molar-refractivity contribution is 7.47. The highest BCUT2D eigenvalue weighted by Gasteiger charge is 2.30. The third kappa shape index (κ3) is 70.5. The zero-order valence-electron chi connectivity index (χ0n) is 62.8. The molecule has 0 aliphatic carbocycles. The van der Waals surface area contributed by atoms with Crippen LogP contribution in [-0.2, 0) is 65.4 Å². The molecule has 17 nitrogen and oxygen atoms in total. The lowest BCUT2D eigenvalue weighted by atomic mass is 10.0. The predicted octanol–water partition coefficient (Wildman–Crippen LogP) is 22.6. The van der Waals surface area contributed by atoms with Gasteiger partial charge in [0.15, 0.2) is 12.2 Å². The lowest BCUT2D eigenvalue weighted by molar-refractivity contribution is -0.161. The monoisotopic (exact) mass is 1410 g/mol. The van der Waals surface area contributed by atoms with Crippen LogP contribution in [0.5, 0.6) is 0 Å². The SMILES string of the molecule is CCCCCCCCCCCCCCCCCC(=O)O[C@H](COC(=O)CCCCCCCCCCCCCC(C)C)COP(=O)(O)OC[C@@H](O)COP(=O)(O)OC[C@@H](COC(=O)CCCCCCCCCCCCC(C)C)OC(=O)CCCCCCCCCCCCCC(C)C. The summed E-state index contributed by atoms with van der Waals surface area (Å²) in [7, 11) is -9.92. The Morgan fingerprint density at radius 2 is 0.479 bits per heavy atom. The number of hydrogen-bond donors (Lipinski definition) is 3. The second-order valence-electron chi connectivity index (χ2n) is 29.2. The van der Waals surface area contributed by atoms with E-state index in [4.69, 9.17) is 37.0 Å². The summed E-state index contributed by atoms with van der Waals surface area (Å²) in [5, 5.41) is 10.6. The Bertz CT molecular complexity index is 1870. The molecule has 5 atom stereocenters. The fourth-order valence-corrected chi connectivity index (χ4v) is 13.4. The van der Waals surface area contributed by atoms with Gasteiger partial charge in [0, 0.05) is 25.7 Å². The quantitative estimate of drug-likeness (QED) is 0.0222. The van der Waals surface area contributed by atoms with Crippen molar-refractivity contribution in [1.29, 1.82) is 0 Å². The average Bonchev–Trinajstić information content (AvgIpc) is 1.10. The molecule has 0 saturated carbocycles. The lowest BCUT2D eigenvalue weighted by Crippen LogP contribution is -2.30. The molecule has 0 aromatic carbocycles. The number of phosphoric ester groups is 2. The Morgan fingerprint density at radius 3 is 0.708 bits per heavy atom. The first kappa shape index (κ1) is 94.1. The highest BCUT2D eigenvalue weighted by atomic mass is 31.2. The topological polar surface area (TPSA) is 237 Å². The number of carbonyl (C=O) groups excluding carboxylic acids is 4. The molecule has 2 unspecified atom stereocenters. The van der Waals surface area contributed by atoms with Crippen LogP contribution in [0.1, 0.15) is 395 Å². The molecule has 0 aliphatic heterocycles. The Hall–Kier alpha value is -1.94. The van der Waals surface area contributed by atoms with Gasteiger partial charge < -0.3 is 33.8 Å². The molecule has 0 amide bonds. The minimum atomic E-state index is -4.96. The van der Waals surface area contributed by atoms with Crippen molar-refractivity contribution >= 4 is 39.5 Å². The molecule has 0 aromatic rings. The van der Waals surface area contributed by atoms with Crippen LogP contribution in [0, 0.1) is 17.8 Å². The fourth-order valence-electron chi connectivity index (χ4n) is 11.8. The van der Waals surface area contributed by atoms with Crippen LogP contribution in [0.15, 0.2) is 0 Å². The standard InChI is InChI=1S/C77H150O17P2/c1-8-9-10-11-12-13-14-15-16-17-22-32-39-46-53-60-76(81)93-72(64-87-74(79)58-51-44-37-30-23-18-20-27-34-41-48-55-68(2)3)66-91-95(83,84)89-62-71(78)63-90-96(85,86)92-67-73(65-88-75(80)59-52-45-38-31-26-25-29-36-43-50-57-70(6)7)94-77(82)61-54-47-40-33-24-19-21-28-35-42-49-56-69(4)5/h68-73,78H,8-67H2,1-7H3,(H,83,84)(H,85,86)/t71-,72-,73-/m1/s1. The first-order chi connectivity index (χ1) is 46.2. The largest absolute Gasteiger partial charge is 0.472 e. The third-order valence-electron chi connectivity index (χ3n) is 17.9. The van der Waals surface area contributed by atoms with Crippen molar-refractivity contribution in [3.8, 4) is 0 Å². The molecule has 570 valence electrons. The smallest absolute Gasteiger partial charge is 0.462 e. The molecule has 0 aliphatic rings. The third-order valence-corrected chi connectivity index (χ3v) is 19.8. The Balaban J connectivity index is 5.28. The van der Waals surface area contributed by atoms with Gasteiger partial charge >= 0.3 is 39.5 Å². The summed E-state index contributed by atoms with van der Waals surface area (Å²) in [6.07, 6.45) is 53.9. The molecule has 0 saturated heterocycles. The maximum Gasteiger partial charge on any atom is 0.472 e. The predicted molar refractivity (Wildman–Crippen MR) is 391 cm³/mol. The Labute approximate surface area is 588 Å². The van der Waals surface area contributed by atoms with Crippen molar-refractivity contribution in [3.63, 3.8) is 0 Å². The van der Waals surface area contributed by atoms with Gasteiger partial charge in [-0.05, 0) is 43.4 Å². The number of esters is 4. The molecular weight excluding hydrogens is 1260 g/mol. The van der Waals surface area contributed by atoms with Crippen LogP contribution in [0.2, 0.25) is 0 Å². The van der Waals surface area contributed by atoms with E-state index in [0.29, 0.717) is 25.7 Å². The number of ether oxygens (including phenoxy) is 4. The average molecular weight is 1410 g/mol. The van der Waals surface area contributed by atoms with Crippen LogP contribution in [0.25, 0.3) is 0 Å². The maximum atomic E-state index is 13.1. The van der Waals surface area contributed by atoms with E-state index in [1.165, 1.54) is 205 Å². The van der Waals surface area contributed by atoms with E-state index in [1.54, 1.807) is 0 Å². The number of rotatable bonds is 75. The molecule has 0 spiro atoms. The first-order valence-electron chi connectivity index (χ1n) is 39.8. The summed E-state index contributed by atoms with van der Waals surface area (Å²) in [6, 6.07) is 0. The molecule has 3 N–H and O–H groups in total. The van der Waals surface area contributed by atoms with Gasteiger partial charge in [0.1, 0.15) is 19.3 Å². The maximum absolute atomic E-state index is 13.1. The van der Waals surface area contributed by atoms with Crippen LogP contribution < -0.4 is 0 Å². The van der Waals surface area contributed by atoms with Gasteiger partial charge in [-0.15, -0.1) is 0 Å². The number of aliphatic hydroxyl groups excluding tert-OH is 1. The van der Waals surface area contributed by atoms with Crippen molar-refractivity contribution in [2.45, 2.75) is 414 Å². The number of phosphoric acid groups is 2. The van der Waals surface area contributed by atoms with Gasteiger partial charge in [0.25, 0.3) is 0 Å². The number of unbranched alkanes of at least 4 members (excludes halogenated alkanes) is 43. The molecule has 0 fully saturated rings. The minimum absolute atomic E-state index is 0.106. The van der Waals surface area contributed by atoms with Crippen molar-refractivity contribution < 1.29 is 80.2 Å². The Morgan fingerprint density at radius 1 is 0.281 bits per heavy atom. The zero-order chi connectivity index (χ0) is 70.9. The van der Waals surface area contributed by atoms with E-state index >= 15 is 0 Å². The van der Waals surface area contributed by atoms with Gasteiger partial charge in [0.05, 0.1) is 26.4 Å². The van der Waals surface area contributed by atoms with Crippen molar-refractivity contribution in [2.75, 3.05) is 39.6 Å². The van der Waals surface area contributed by atoms with E-state index < -0.39 is 97.5 Å². The van der Waals surface area contributed by atoms with Crippen LogP contribution in [-0.4, -0.2) is 96.7 Å². The lowest BCUT2D eigenvalue weighted by Gasteiger charge is -2.21. The Kier molecular flexibility index (Phi) is 66.2. The van der Waals surface area contributed by atoms with Crippen molar-refractivity contribution in [2.24, 2.45) is 17.8 Å². The molecular formula is C77H150O17P2. The number of hydrogen-bond acceptors (Lipinski definition) is 15. The highest BCUT2D eigenvalue weighted by Crippen LogP contribution is 2.45. The summed E-state index contributed by atoms with van der Waals surface area (Å²) in [4.78, 5) is 72.9. The van der Waals surface area contributed by atoms with E-state index in [1.807, 2.05) is 0 Å². The fraction of sp³-hybridized carbons (Fsp3) is 0.948. The summed E-state index contributed by atoms with van der Waals surface area (Å²) < 4.78 is 68.6. The van der Waals surface area contributed by atoms with Crippen molar-refractivity contribution in [1.82, 2.24) is 0 Å². The van der Waals surface area contributed by atoms with Gasteiger partial charge in [-0.2, -0.15) is 0 Å². The molecule has 19 heteroatoms. The van der Waals surface area contributed by atoms with Crippen LogP contribution in [0.4, 0.5) is 0 Å². The van der Waals surface area contributed by atoms with E-state index in [-0.39, 0.29) is 25.7 Å². The molecule has 0 bridgehead atoms. The van der Waals surface area contributed by atoms with Gasteiger partial charge in [-0.1, -0.05) is 344 Å². The molecule has 96 heavy (non-hydrogen) atoms. The van der Waals surface area contributed by atoms with E-state index in [0.717, 1.165) is 108 Å². The normalized spacial score (nSPS) is 14.1. The first-order valence-corrected chi connectivity index (χ1v) is 42.8. The zero-order valence-corrected chi connectivity index (χ0v) is 64.6. The molecule has 0 heterocycles. The minimum Gasteiger partial charge on any atom is -0.462 e.